The van der Waals surface area contributed by atoms with Gasteiger partial charge in [-0.25, -0.2) is 0 Å². The molecule has 0 fully saturated rings. The summed E-state index contributed by atoms with van der Waals surface area (Å²) in [5.41, 5.74) is 6.56. The van der Waals surface area contributed by atoms with Crippen LogP contribution in [0.25, 0.3) is 21.8 Å². The van der Waals surface area contributed by atoms with Gasteiger partial charge < -0.3 is 10.2 Å². The maximum absolute atomic E-state index is 7.50. The van der Waals surface area contributed by atoms with Crippen molar-refractivity contribution in [1.82, 2.24) is 14.8 Å². The van der Waals surface area contributed by atoms with Crippen molar-refractivity contribution >= 4 is 11.5 Å². The van der Waals surface area contributed by atoms with Gasteiger partial charge in [0.05, 0.1) is 0 Å². The summed E-state index contributed by atoms with van der Waals surface area (Å²) in [6.07, 6.45) is 5.76. The molecule has 0 spiro atoms. The summed E-state index contributed by atoms with van der Waals surface area (Å²) in [4.78, 5) is 7.78. The molecule has 1 aliphatic carbocycles. The van der Waals surface area contributed by atoms with Crippen molar-refractivity contribution < 1.29 is 0 Å². The average molecular weight is 391 g/mol. The molecule has 0 unspecified atom stereocenters. The van der Waals surface area contributed by atoms with Gasteiger partial charge in [0.1, 0.15) is 11.4 Å². The quantitative estimate of drug-likeness (QED) is 0.469. The molecule has 2 aromatic heterocycles. The maximum atomic E-state index is 7.50. The molecule has 0 aliphatic heterocycles. The third-order valence-electron chi connectivity index (χ3n) is 5.60. The first-order valence-electron chi connectivity index (χ1n) is 10.1. The molecule has 2 heterocycles. The summed E-state index contributed by atoms with van der Waals surface area (Å²) in [6.45, 7) is 8.46. The molecule has 1 N–H and O–H groups in total. The molecule has 4 aromatic rings. The fraction of sp³-hybridized carbons (Fsp3) is 0.160. The van der Waals surface area contributed by atoms with Crippen LogP contribution in [0.15, 0.2) is 79.1 Å². The minimum absolute atomic E-state index is 0.485. The molecule has 0 saturated heterocycles. The Bertz CT molecular complexity index is 1180. The first-order valence-corrected chi connectivity index (χ1v) is 10.1. The zero-order valence-electron chi connectivity index (χ0n) is 16.5. The lowest BCUT2D eigenvalue weighted by Gasteiger charge is -2.12. The van der Waals surface area contributed by atoms with Gasteiger partial charge in [-0.15, -0.1) is 0 Å². The third-order valence-corrected chi connectivity index (χ3v) is 5.60. The van der Waals surface area contributed by atoms with Gasteiger partial charge in [-0.1, -0.05) is 35.9 Å². The number of nitrogens with one attached hydrogen (secondary N) is 1. The van der Waals surface area contributed by atoms with E-state index in [4.69, 9.17) is 6.57 Å². The second kappa shape index (κ2) is 7.84. The number of fused-ring (bicyclic) bond motifs is 1. The van der Waals surface area contributed by atoms with Crippen LogP contribution in [-0.4, -0.2) is 21.3 Å². The summed E-state index contributed by atoms with van der Waals surface area (Å²) in [5.74, 6) is 1.11. The van der Waals surface area contributed by atoms with Crippen LogP contribution in [0, 0.1) is 12.5 Å². The Morgan fingerprint density at radius 2 is 1.77 bits per heavy atom. The zero-order chi connectivity index (χ0) is 20.3. The van der Waals surface area contributed by atoms with Gasteiger partial charge in [-0.2, -0.15) is 4.68 Å². The molecule has 5 rings (SSSR count). The van der Waals surface area contributed by atoms with Crippen molar-refractivity contribution in [2.45, 2.75) is 12.8 Å². The number of nitrogens with zero attached hydrogens (tertiary/aromatic N) is 4. The zero-order valence-corrected chi connectivity index (χ0v) is 16.5. The first-order chi connectivity index (χ1) is 14.8. The number of anilines is 1. The molecule has 0 amide bonds. The van der Waals surface area contributed by atoms with E-state index in [1.165, 1.54) is 11.1 Å². The van der Waals surface area contributed by atoms with E-state index in [0.29, 0.717) is 11.7 Å². The van der Waals surface area contributed by atoms with E-state index in [0.717, 1.165) is 42.0 Å². The lowest BCUT2D eigenvalue weighted by atomic mass is 10.1. The fourth-order valence-corrected chi connectivity index (χ4v) is 4.07. The predicted molar refractivity (Wildman–Crippen MR) is 119 cm³/mol. The lowest BCUT2D eigenvalue weighted by molar-refractivity contribution is 0.593. The Hall–Kier alpha value is -3.91. The van der Waals surface area contributed by atoms with E-state index >= 15 is 0 Å². The highest BCUT2D eigenvalue weighted by Crippen LogP contribution is 2.28. The molecule has 5 nitrogen and oxygen atoms in total. The van der Waals surface area contributed by atoms with Crippen LogP contribution in [0.1, 0.15) is 11.1 Å². The fourth-order valence-electron chi connectivity index (χ4n) is 4.07. The Kier molecular flexibility index (Phi) is 4.74. The summed E-state index contributed by atoms with van der Waals surface area (Å²) < 4.78 is 1.69. The molecule has 0 atom stereocenters. The maximum Gasteiger partial charge on any atom is 0.258 e. The van der Waals surface area contributed by atoms with Gasteiger partial charge in [-0.05, 0) is 72.4 Å². The Balaban J connectivity index is 1.29. The van der Waals surface area contributed by atoms with Crippen molar-refractivity contribution in [3.8, 4) is 16.9 Å². The number of aromatic nitrogens is 3. The molecular weight excluding hydrogens is 370 g/mol. The minimum atomic E-state index is 0.485. The van der Waals surface area contributed by atoms with Gasteiger partial charge in [-0.3, -0.25) is 4.98 Å². The van der Waals surface area contributed by atoms with Crippen molar-refractivity contribution in [3.05, 3.63) is 102 Å². The normalized spacial score (nSPS) is 13.0. The van der Waals surface area contributed by atoms with E-state index in [1.807, 2.05) is 24.3 Å². The summed E-state index contributed by atoms with van der Waals surface area (Å²) >= 11 is 0. The number of hydrogen-bond acceptors (Lipinski definition) is 3. The number of hydrogen-bond donors (Lipinski definition) is 1. The lowest BCUT2D eigenvalue weighted by Crippen LogP contribution is -2.14. The second-order valence-corrected chi connectivity index (χ2v) is 7.62. The summed E-state index contributed by atoms with van der Waals surface area (Å²) in [6, 6.07) is 22.4. The van der Waals surface area contributed by atoms with E-state index in [2.05, 4.69) is 56.6 Å². The van der Waals surface area contributed by atoms with Crippen molar-refractivity contribution in [2.75, 3.05) is 11.9 Å². The summed E-state index contributed by atoms with van der Waals surface area (Å²) in [7, 11) is 0. The first kappa shape index (κ1) is 18.1. The van der Waals surface area contributed by atoms with E-state index in [1.54, 1.807) is 23.1 Å². The second-order valence-electron chi connectivity index (χ2n) is 7.62. The largest absolute Gasteiger partial charge is 0.385 e. The molecule has 1 aliphatic rings. The molecule has 0 radical (unpaired) electrons. The highest BCUT2D eigenvalue weighted by atomic mass is 15.3. The highest BCUT2D eigenvalue weighted by Gasteiger charge is 2.20. The van der Waals surface area contributed by atoms with Crippen molar-refractivity contribution in [3.63, 3.8) is 0 Å². The monoisotopic (exact) mass is 391 g/mol. The number of pyridine rings is 1. The van der Waals surface area contributed by atoms with E-state index in [-0.39, 0.29) is 0 Å². The molecule has 0 bridgehead atoms. The average Bonchev–Trinajstić information content (AvgIpc) is 3.42. The smallest absolute Gasteiger partial charge is 0.258 e. The molecule has 2 aromatic carbocycles. The van der Waals surface area contributed by atoms with Gasteiger partial charge in [0.2, 0.25) is 0 Å². The van der Waals surface area contributed by atoms with Crippen LogP contribution in [0.2, 0.25) is 0 Å². The van der Waals surface area contributed by atoms with Crippen LogP contribution < -0.4 is 5.32 Å². The van der Waals surface area contributed by atoms with Gasteiger partial charge in [0.15, 0.2) is 0 Å². The van der Waals surface area contributed by atoms with Crippen LogP contribution >= 0.6 is 0 Å². The SMILES string of the molecule is [C-]#[N+]c1cc(-c2cccnc2)nn1-c1ccc(NCC2Cc3ccccc3C2)cc1. The third kappa shape index (κ3) is 3.56. The summed E-state index contributed by atoms with van der Waals surface area (Å²) in [5, 5.41) is 8.19. The molecule has 0 saturated carbocycles. The Morgan fingerprint density at radius 1 is 1.00 bits per heavy atom. The highest BCUT2D eigenvalue weighted by molar-refractivity contribution is 5.64. The van der Waals surface area contributed by atoms with Crippen LogP contribution in [0.4, 0.5) is 11.5 Å². The number of benzene rings is 2. The predicted octanol–water partition coefficient (Wildman–Crippen LogP) is 5.31. The topological polar surface area (TPSA) is 47.1 Å². The Labute approximate surface area is 175 Å². The molecular formula is C25H21N5. The van der Waals surface area contributed by atoms with Crippen molar-refractivity contribution in [1.29, 1.82) is 0 Å². The van der Waals surface area contributed by atoms with Gasteiger partial charge >= 0.3 is 0 Å². The Morgan fingerprint density at radius 3 is 2.43 bits per heavy atom. The number of rotatable bonds is 5. The van der Waals surface area contributed by atoms with Crippen LogP contribution in [0.3, 0.4) is 0 Å². The van der Waals surface area contributed by atoms with Crippen LogP contribution in [0.5, 0.6) is 0 Å². The molecule has 5 heteroatoms. The van der Waals surface area contributed by atoms with E-state index < -0.39 is 0 Å². The molecule has 146 valence electrons. The molecule has 30 heavy (non-hydrogen) atoms. The van der Waals surface area contributed by atoms with Crippen LogP contribution in [-0.2, 0) is 12.8 Å². The van der Waals surface area contributed by atoms with Crippen molar-refractivity contribution in [2.24, 2.45) is 5.92 Å². The minimum Gasteiger partial charge on any atom is -0.385 e. The standard InChI is InChI=1S/C25H21N5/c1-26-25-15-24(21-7-4-12-27-17-21)29-30(25)23-10-8-22(9-11-23)28-16-18-13-19-5-2-3-6-20(19)14-18/h2-12,15,17-18,28H,13-14,16H2. The van der Waals surface area contributed by atoms with Gasteiger partial charge in [0, 0.05) is 30.2 Å². The van der Waals surface area contributed by atoms with E-state index in [9.17, 15) is 0 Å². The van der Waals surface area contributed by atoms with Gasteiger partial charge in [0.25, 0.3) is 5.82 Å².